The minimum atomic E-state index is -2.35. The smallest absolute Gasteiger partial charge is 0.231 e. The summed E-state index contributed by atoms with van der Waals surface area (Å²) in [5.41, 5.74) is 0.344. The highest BCUT2D eigenvalue weighted by molar-refractivity contribution is 6.02. The maximum atomic E-state index is 14.1. The number of fused-ring (bicyclic) bond motifs is 2. The number of hydrogen-bond acceptors (Lipinski definition) is 1. The van der Waals surface area contributed by atoms with E-state index >= 15 is 0 Å². The highest BCUT2D eigenvalue weighted by Gasteiger charge is 2.26. The van der Waals surface area contributed by atoms with Gasteiger partial charge in [0.05, 0.1) is 0 Å². The molecule has 0 bridgehead atoms. The van der Waals surface area contributed by atoms with E-state index in [4.69, 9.17) is 0 Å². The van der Waals surface area contributed by atoms with Crippen LogP contribution in [0.2, 0.25) is 0 Å². The Hall–Kier alpha value is -1.93. The molecule has 2 heteroatoms. The van der Waals surface area contributed by atoms with Crippen molar-refractivity contribution in [3.63, 3.8) is 0 Å². The molecule has 18 heavy (non-hydrogen) atoms. The van der Waals surface area contributed by atoms with Crippen molar-refractivity contribution in [2.24, 2.45) is 0 Å². The molecule has 1 N–H and O–H groups in total. The van der Waals surface area contributed by atoms with Gasteiger partial charge in [-0.1, -0.05) is 48.5 Å². The largest absolute Gasteiger partial charge is 0.358 e. The first-order valence-electron chi connectivity index (χ1n) is 5.89. The van der Waals surface area contributed by atoms with Crippen molar-refractivity contribution < 1.29 is 9.50 Å². The van der Waals surface area contributed by atoms with E-state index < -0.39 is 5.85 Å². The van der Waals surface area contributed by atoms with Crippen LogP contribution in [0.25, 0.3) is 21.5 Å². The number of benzene rings is 3. The van der Waals surface area contributed by atoms with Crippen LogP contribution in [0, 0.1) is 0 Å². The Morgan fingerprint density at radius 2 is 1.33 bits per heavy atom. The van der Waals surface area contributed by atoms with Crippen molar-refractivity contribution in [1.29, 1.82) is 0 Å². The average Bonchev–Trinajstić information content (AvgIpc) is 2.34. The van der Waals surface area contributed by atoms with E-state index in [1.807, 2.05) is 54.6 Å². The molecule has 3 aromatic carbocycles. The van der Waals surface area contributed by atoms with Gasteiger partial charge in [-0.15, -0.1) is 0 Å². The van der Waals surface area contributed by atoms with Gasteiger partial charge >= 0.3 is 0 Å². The molecule has 0 spiro atoms. The minimum Gasteiger partial charge on any atom is -0.358 e. The maximum Gasteiger partial charge on any atom is 0.231 e. The van der Waals surface area contributed by atoms with Gasteiger partial charge in [0.2, 0.25) is 5.85 Å². The van der Waals surface area contributed by atoms with Crippen LogP contribution in [0.4, 0.5) is 4.39 Å². The summed E-state index contributed by atoms with van der Waals surface area (Å²) >= 11 is 0. The van der Waals surface area contributed by atoms with Gasteiger partial charge in [0.15, 0.2) is 0 Å². The zero-order valence-corrected chi connectivity index (χ0v) is 10.0. The van der Waals surface area contributed by atoms with Gasteiger partial charge in [0.25, 0.3) is 0 Å². The van der Waals surface area contributed by atoms with Crippen LogP contribution in [0.1, 0.15) is 12.5 Å². The molecule has 1 nitrogen and oxygen atoms in total. The molecule has 0 aliphatic carbocycles. The van der Waals surface area contributed by atoms with Gasteiger partial charge in [-0.05, 0) is 34.5 Å². The third-order valence-corrected chi connectivity index (χ3v) is 3.23. The summed E-state index contributed by atoms with van der Waals surface area (Å²) in [7, 11) is 0. The SMILES string of the molecule is CC(O)(F)c1c2ccccc2cc2ccccc12. The second-order valence-corrected chi connectivity index (χ2v) is 4.65. The molecule has 0 aliphatic rings. The lowest BCUT2D eigenvalue weighted by molar-refractivity contribution is -0.0742. The quantitative estimate of drug-likeness (QED) is 0.634. The Bertz CT molecular complexity index is 672. The molecule has 0 amide bonds. The number of halogens is 1. The van der Waals surface area contributed by atoms with Gasteiger partial charge < -0.3 is 5.11 Å². The molecule has 0 heterocycles. The predicted molar refractivity (Wildman–Crippen MR) is 72.1 cm³/mol. The van der Waals surface area contributed by atoms with Crippen LogP contribution in [0.5, 0.6) is 0 Å². The average molecular weight is 240 g/mol. The zero-order chi connectivity index (χ0) is 12.8. The predicted octanol–water partition coefficient (Wildman–Crippen LogP) is 4.13. The lowest BCUT2D eigenvalue weighted by Gasteiger charge is -2.19. The van der Waals surface area contributed by atoms with Crippen molar-refractivity contribution in [2.75, 3.05) is 0 Å². The fraction of sp³-hybridized carbons (Fsp3) is 0.125. The Balaban J connectivity index is 2.58. The minimum absolute atomic E-state index is 0.344. The maximum absolute atomic E-state index is 14.1. The van der Waals surface area contributed by atoms with Crippen LogP contribution in [-0.4, -0.2) is 5.11 Å². The van der Waals surface area contributed by atoms with E-state index in [9.17, 15) is 9.50 Å². The van der Waals surface area contributed by atoms with Crippen molar-refractivity contribution in [1.82, 2.24) is 0 Å². The summed E-state index contributed by atoms with van der Waals surface area (Å²) in [6.07, 6.45) is 0. The highest BCUT2D eigenvalue weighted by Crippen LogP contribution is 2.36. The van der Waals surface area contributed by atoms with Crippen molar-refractivity contribution in [3.05, 3.63) is 60.2 Å². The normalized spacial score (nSPS) is 14.8. The van der Waals surface area contributed by atoms with E-state index in [0.717, 1.165) is 21.5 Å². The summed E-state index contributed by atoms with van der Waals surface area (Å²) in [5.74, 6) is -2.35. The summed E-state index contributed by atoms with van der Waals surface area (Å²) in [5, 5.41) is 13.2. The van der Waals surface area contributed by atoms with Gasteiger partial charge in [0.1, 0.15) is 0 Å². The molecule has 3 aromatic rings. The fourth-order valence-electron chi connectivity index (χ4n) is 2.51. The van der Waals surface area contributed by atoms with Gasteiger partial charge in [-0.2, -0.15) is 0 Å². The lowest BCUT2D eigenvalue weighted by atomic mass is 9.93. The Morgan fingerprint density at radius 3 is 1.78 bits per heavy atom. The van der Waals surface area contributed by atoms with E-state index in [-0.39, 0.29) is 0 Å². The summed E-state index contributed by atoms with van der Waals surface area (Å²) in [6, 6.07) is 17.1. The van der Waals surface area contributed by atoms with Gasteiger partial charge in [0, 0.05) is 5.56 Å². The summed E-state index contributed by atoms with van der Waals surface area (Å²) in [4.78, 5) is 0. The van der Waals surface area contributed by atoms with Crippen LogP contribution in [0.3, 0.4) is 0 Å². The summed E-state index contributed by atoms with van der Waals surface area (Å²) in [6.45, 7) is 1.18. The second-order valence-electron chi connectivity index (χ2n) is 4.65. The number of rotatable bonds is 1. The number of alkyl halides is 1. The molecule has 0 saturated carbocycles. The van der Waals surface area contributed by atoms with Crippen molar-refractivity contribution >= 4 is 21.5 Å². The Morgan fingerprint density at radius 1 is 0.889 bits per heavy atom. The molecule has 0 radical (unpaired) electrons. The van der Waals surface area contributed by atoms with Crippen LogP contribution >= 0.6 is 0 Å². The molecule has 3 rings (SSSR count). The molecule has 0 aromatic heterocycles. The van der Waals surface area contributed by atoms with Crippen LogP contribution in [0.15, 0.2) is 54.6 Å². The molecule has 1 unspecified atom stereocenters. The van der Waals surface area contributed by atoms with Gasteiger partial charge in [-0.25, -0.2) is 4.39 Å². The van der Waals surface area contributed by atoms with Crippen LogP contribution in [-0.2, 0) is 5.85 Å². The molecule has 1 atom stereocenters. The van der Waals surface area contributed by atoms with E-state index in [1.54, 1.807) is 0 Å². The van der Waals surface area contributed by atoms with Crippen LogP contribution < -0.4 is 0 Å². The van der Waals surface area contributed by atoms with E-state index in [1.165, 1.54) is 6.92 Å². The van der Waals surface area contributed by atoms with E-state index in [2.05, 4.69) is 0 Å². The standard InChI is InChI=1S/C16H13FO/c1-16(17,18)15-13-8-4-2-6-11(13)10-12-7-3-5-9-14(12)15/h2-10,18H,1H3. The topological polar surface area (TPSA) is 20.2 Å². The van der Waals surface area contributed by atoms with E-state index in [0.29, 0.717) is 5.56 Å². The van der Waals surface area contributed by atoms with Crippen molar-refractivity contribution in [3.8, 4) is 0 Å². The van der Waals surface area contributed by atoms with Crippen molar-refractivity contribution in [2.45, 2.75) is 12.8 Å². The third-order valence-electron chi connectivity index (χ3n) is 3.23. The Kier molecular flexibility index (Phi) is 2.35. The fourth-order valence-corrected chi connectivity index (χ4v) is 2.51. The third kappa shape index (κ3) is 1.66. The second kappa shape index (κ2) is 3.79. The Labute approximate surface area is 104 Å². The molecule has 0 fully saturated rings. The lowest BCUT2D eigenvalue weighted by Crippen LogP contribution is -2.14. The number of aliphatic hydroxyl groups is 1. The molecule has 0 aliphatic heterocycles. The van der Waals surface area contributed by atoms with Gasteiger partial charge in [-0.3, -0.25) is 0 Å². The number of hydrogen-bond donors (Lipinski definition) is 1. The summed E-state index contributed by atoms with van der Waals surface area (Å²) < 4.78 is 14.1. The zero-order valence-electron chi connectivity index (χ0n) is 10.0. The molecular formula is C16H13FO. The monoisotopic (exact) mass is 240 g/mol. The molecule has 0 saturated heterocycles. The highest BCUT2D eigenvalue weighted by atomic mass is 19.2. The first kappa shape index (κ1) is 11.2. The first-order chi connectivity index (χ1) is 8.57. The first-order valence-corrected chi connectivity index (χ1v) is 5.89. The molecular weight excluding hydrogens is 227 g/mol. The molecule has 90 valence electrons.